The maximum absolute atomic E-state index is 13.1. The molecule has 0 fully saturated rings. The number of nitrogens with one attached hydrogen (secondary N) is 1. The van der Waals surface area contributed by atoms with Crippen LogP contribution >= 0.6 is 0 Å². The number of amides is 1. The molecule has 1 N–H and O–H groups in total. The van der Waals surface area contributed by atoms with Crippen LogP contribution in [0, 0.1) is 5.95 Å². The average molecular weight is 314 g/mol. The van der Waals surface area contributed by atoms with Crippen molar-refractivity contribution in [2.45, 2.75) is 6.18 Å². The average Bonchev–Trinajstić information content (AvgIpc) is 2.46. The van der Waals surface area contributed by atoms with E-state index in [1.807, 2.05) is 0 Å². The number of pyridine rings is 1. The third-order valence-electron chi connectivity index (χ3n) is 2.58. The Morgan fingerprint density at radius 2 is 1.86 bits per heavy atom. The van der Waals surface area contributed by atoms with Gasteiger partial charge in [0.25, 0.3) is 11.9 Å². The lowest BCUT2D eigenvalue weighted by Crippen LogP contribution is -2.20. The number of carbonyl (C=O) groups is 1. The first kappa shape index (κ1) is 15.7. The summed E-state index contributed by atoms with van der Waals surface area (Å²) in [7, 11) is 0. The van der Waals surface area contributed by atoms with Crippen LogP contribution in [-0.4, -0.2) is 17.5 Å². The van der Waals surface area contributed by atoms with Gasteiger partial charge in [-0.05, 0) is 36.4 Å². The van der Waals surface area contributed by atoms with E-state index in [9.17, 15) is 22.4 Å². The van der Waals surface area contributed by atoms with Crippen LogP contribution in [0.4, 0.5) is 23.2 Å². The van der Waals surface area contributed by atoms with Gasteiger partial charge in [0.05, 0.1) is 5.56 Å². The first-order valence-electron chi connectivity index (χ1n) is 6.06. The topological polar surface area (TPSA) is 51.2 Å². The fraction of sp³-hybridized carbons (Fsp3) is 0.143. The number of rotatable bonds is 4. The van der Waals surface area contributed by atoms with Crippen molar-refractivity contribution in [1.29, 1.82) is 0 Å². The van der Waals surface area contributed by atoms with Gasteiger partial charge in [-0.15, -0.1) is 0 Å². The molecule has 0 saturated heterocycles. The van der Waals surface area contributed by atoms with Gasteiger partial charge in [0.1, 0.15) is 0 Å². The molecule has 0 aliphatic carbocycles. The summed E-state index contributed by atoms with van der Waals surface area (Å²) in [6, 6.07) is 6.66. The predicted octanol–water partition coefficient (Wildman–Crippen LogP) is 3.26. The van der Waals surface area contributed by atoms with E-state index in [0.717, 1.165) is 24.3 Å². The number of hydrogen-bond donors (Lipinski definition) is 1. The van der Waals surface area contributed by atoms with E-state index in [1.165, 1.54) is 18.3 Å². The minimum Gasteiger partial charge on any atom is -0.479 e. The lowest BCUT2D eigenvalue weighted by atomic mass is 10.2. The first-order chi connectivity index (χ1) is 10.4. The van der Waals surface area contributed by atoms with Crippen LogP contribution in [0.5, 0.6) is 5.75 Å². The first-order valence-corrected chi connectivity index (χ1v) is 6.06. The van der Waals surface area contributed by atoms with Crippen LogP contribution in [0.3, 0.4) is 0 Å². The van der Waals surface area contributed by atoms with Crippen molar-refractivity contribution in [2.24, 2.45) is 0 Å². The number of halogens is 4. The molecule has 0 saturated carbocycles. The van der Waals surface area contributed by atoms with E-state index in [2.05, 4.69) is 10.3 Å². The Kier molecular flexibility index (Phi) is 4.59. The Labute approximate surface area is 122 Å². The largest absolute Gasteiger partial charge is 0.479 e. The quantitative estimate of drug-likeness (QED) is 0.696. The predicted molar refractivity (Wildman–Crippen MR) is 69.8 cm³/mol. The standard InChI is InChI=1S/C14H10F4N2O2/c15-13-11(2-1-7-19-13)22-8-12(21)20-10-5-3-9(4-6-10)14(16,17)18/h1-7H,8H2,(H,20,21). The molecule has 0 atom stereocenters. The molecule has 1 aromatic heterocycles. The molecule has 22 heavy (non-hydrogen) atoms. The molecule has 4 nitrogen and oxygen atoms in total. The summed E-state index contributed by atoms with van der Waals surface area (Å²) in [4.78, 5) is 14.9. The van der Waals surface area contributed by atoms with Gasteiger partial charge in [0.2, 0.25) is 0 Å². The Morgan fingerprint density at radius 1 is 1.18 bits per heavy atom. The van der Waals surface area contributed by atoms with Crippen molar-refractivity contribution in [3.8, 4) is 5.75 Å². The molecular formula is C14H10F4N2O2. The van der Waals surface area contributed by atoms with E-state index in [-0.39, 0.29) is 11.4 Å². The van der Waals surface area contributed by atoms with Crippen LogP contribution in [-0.2, 0) is 11.0 Å². The summed E-state index contributed by atoms with van der Waals surface area (Å²) in [5.41, 5.74) is -0.646. The molecule has 0 bridgehead atoms. The molecule has 116 valence electrons. The van der Waals surface area contributed by atoms with E-state index in [4.69, 9.17) is 4.74 Å². The molecule has 1 amide bonds. The van der Waals surface area contributed by atoms with Gasteiger partial charge in [-0.25, -0.2) is 4.98 Å². The zero-order valence-electron chi connectivity index (χ0n) is 11.0. The SMILES string of the molecule is O=C(COc1cccnc1F)Nc1ccc(C(F)(F)F)cc1. The van der Waals surface area contributed by atoms with Crippen molar-refractivity contribution in [3.05, 3.63) is 54.1 Å². The van der Waals surface area contributed by atoms with Gasteiger partial charge in [-0.3, -0.25) is 4.79 Å². The molecule has 0 spiro atoms. The highest BCUT2D eigenvalue weighted by Crippen LogP contribution is 2.29. The summed E-state index contributed by atoms with van der Waals surface area (Å²) >= 11 is 0. The molecule has 0 aliphatic heterocycles. The highest BCUT2D eigenvalue weighted by Gasteiger charge is 2.29. The second-order valence-electron chi connectivity index (χ2n) is 4.20. The molecule has 1 aromatic carbocycles. The lowest BCUT2D eigenvalue weighted by molar-refractivity contribution is -0.137. The van der Waals surface area contributed by atoms with Gasteiger partial charge < -0.3 is 10.1 Å². The second kappa shape index (κ2) is 6.42. The maximum atomic E-state index is 13.1. The number of hydrogen-bond acceptors (Lipinski definition) is 3. The van der Waals surface area contributed by atoms with E-state index >= 15 is 0 Å². The van der Waals surface area contributed by atoms with Crippen LogP contribution in [0.2, 0.25) is 0 Å². The summed E-state index contributed by atoms with van der Waals surface area (Å²) in [6.45, 7) is -0.496. The zero-order valence-corrected chi connectivity index (χ0v) is 11.0. The second-order valence-corrected chi connectivity index (χ2v) is 4.20. The van der Waals surface area contributed by atoms with Crippen LogP contribution in [0.15, 0.2) is 42.6 Å². The Morgan fingerprint density at radius 3 is 2.45 bits per heavy atom. The highest BCUT2D eigenvalue weighted by molar-refractivity contribution is 5.91. The summed E-state index contributed by atoms with van der Waals surface area (Å²) in [6.07, 6.45) is -3.21. The number of carbonyl (C=O) groups excluding carboxylic acids is 1. The maximum Gasteiger partial charge on any atom is 0.416 e. The fourth-order valence-electron chi connectivity index (χ4n) is 1.56. The molecule has 0 unspecified atom stereocenters. The fourth-order valence-corrected chi connectivity index (χ4v) is 1.56. The molecule has 1 heterocycles. The molecule has 2 aromatic rings. The van der Waals surface area contributed by atoms with E-state index in [0.29, 0.717) is 0 Å². The Hall–Kier alpha value is -2.64. The van der Waals surface area contributed by atoms with Crippen LogP contribution in [0.1, 0.15) is 5.56 Å². The number of ether oxygens (including phenoxy) is 1. The van der Waals surface area contributed by atoms with Gasteiger partial charge in [-0.2, -0.15) is 17.6 Å². The molecule has 0 aliphatic rings. The number of benzene rings is 1. The molecule has 2 rings (SSSR count). The number of anilines is 1. The summed E-state index contributed by atoms with van der Waals surface area (Å²) in [5, 5.41) is 2.34. The van der Waals surface area contributed by atoms with Crippen molar-refractivity contribution >= 4 is 11.6 Å². The van der Waals surface area contributed by atoms with E-state index in [1.54, 1.807) is 0 Å². The number of aromatic nitrogens is 1. The van der Waals surface area contributed by atoms with Gasteiger partial charge in [0, 0.05) is 11.9 Å². The normalized spacial score (nSPS) is 11.1. The van der Waals surface area contributed by atoms with Gasteiger partial charge in [-0.1, -0.05) is 0 Å². The third kappa shape index (κ3) is 4.18. The smallest absolute Gasteiger partial charge is 0.416 e. The summed E-state index contributed by atoms with van der Waals surface area (Å²) in [5.74, 6) is -1.68. The molecular weight excluding hydrogens is 304 g/mol. The van der Waals surface area contributed by atoms with Crippen molar-refractivity contribution < 1.29 is 27.1 Å². The lowest BCUT2D eigenvalue weighted by Gasteiger charge is -2.09. The summed E-state index contributed by atoms with van der Waals surface area (Å²) < 4.78 is 55.2. The highest BCUT2D eigenvalue weighted by atomic mass is 19.4. The van der Waals surface area contributed by atoms with E-state index < -0.39 is 30.2 Å². The van der Waals surface area contributed by atoms with Gasteiger partial charge >= 0.3 is 6.18 Å². The zero-order chi connectivity index (χ0) is 16.2. The Bertz CT molecular complexity index is 657. The number of alkyl halides is 3. The van der Waals surface area contributed by atoms with Crippen molar-refractivity contribution in [1.82, 2.24) is 4.98 Å². The van der Waals surface area contributed by atoms with Crippen LogP contribution in [0.25, 0.3) is 0 Å². The van der Waals surface area contributed by atoms with Crippen molar-refractivity contribution in [2.75, 3.05) is 11.9 Å². The minimum atomic E-state index is -4.44. The molecule has 0 radical (unpaired) electrons. The monoisotopic (exact) mass is 314 g/mol. The van der Waals surface area contributed by atoms with Crippen molar-refractivity contribution in [3.63, 3.8) is 0 Å². The Balaban J connectivity index is 1.91. The van der Waals surface area contributed by atoms with Crippen LogP contribution < -0.4 is 10.1 Å². The molecule has 8 heteroatoms. The number of nitrogens with zero attached hydrogens (tertiary/aromatic N) is 1. The van der Waals surface area contributed by atoms with Gasteiger partial charge in [0.15, 0.2) is 12.4 Å². The minimum absolute atomic E-state index is 0.174. The third-order valence-corrected chi connectivity index (χ3v) is 2.58.